The molecule has 3 aromatic rings. The molecule has 22 heavy (non-hydrogen) atoms. The second-order valence-corrected chi connectivity index (χ2v) is 11.5. The van der Waals surface area contributed by atoms with Crippen LogP contribution in [0.1, 0.15) is 6.92 Å². The van der Waals surface area contributed by atoms with Crippen LogP contribution in [0, 0.1) is 0 Å². The Bertz CT molecular complexity index is 659. The maximum absolute atomic E-state index is 2.30. The smallest absolute Gasteiger partial charge is 0.00120 e. The van der Waals surface area contributed by atoms with Crippen molar-refractivity contribution in [1.29, 1.82) is 0 Å². The predicted octanol–water partition coefficient (Wildman–Crippen LogP) is 4.86. The average molecular weight is 322 g/mol. The number of rotatable bonds is 4. The molecule has 0 aromatic heterocycles. The molecule has 0 saturated carbocycles. The fourth-order valence-electron chi connectivity index (χ4n) is 2.84. The molecule has 0 nitrogen and oxygen atoms in total. The Hall–Kier alpha value is -1.61. The minimum absolute atomic E-state index is 1.16. The monoisotopic (exact) mass is 322 g/mol. The maximum atomic E-state index is 2.30. The predicted molar refractivity (Wildman–Crippen MR) is 103 cm³/mol. The lowest BCUT2D eigenvalue weighted by molar-refractivity contribution is 1.53. The van der Waals surface area contributed by atoms with Gasteiger partial charge >= 0.3 is 0 Å². The highest BCUT2D eigenvalue weighted by atomic mass is 31.8. The van der Waals surface area contributed by atoms with E-state index in [4.69, 9.17) is 0 Å². The number of hydrogen-bond acceptors (Lipinski definition) is 0. The quantitative estimate of drug-likeness (QED) is 0.602. The van der Waals surface area contributed by atoms with Crippen molar-refractivity contribution in [2.75, 3.05) is 6.16 Å². The molecular formula is C20H20P2. The van der Waals surface area contributed by atoms with Crippen LogP contribution in [0.3, 0.4) is 0 Å². The molecule has 3 aromatic carbocycles. The fraction of sp³-hybridized carbons (Fsp3) is 0.100. The first kappa shape index (κ1) is 15.3. The Morgan fingerprint density at radius 3 is 1.18 bits per heavy atom. The van der Waals surface area contributed by atoms with Gasteiger partial charge in [0.05, 0.1) is 0 Å². The van der Waals surface area contributed by atoms with Gasteiger partial charge in [-0.1, -0.05) is 106 Å². The van der Waals surface area contributed by atoms with Crippen LogP contribution in [-0.2, 0) is 0 Å². The van der Waals surface area contributed by atoms with Gasteiger partial charge in [0.1, 0.15) is 0 Å². The molecule has 0 heterocycles. The summed E-state index contributed by atoms with van der Waals surface area (Å²) < 4.78 is 0. The van der Waals surface area contributed by atoms with Crippen LogP contribution in [0.4, 0.5) is 0 Å². The zero-order chi connectivity index (χ0) is 15.3. The van der Waals surface area contributed by atoms with Gasteiger partial charge in [0, 0.05) is 0 Å². The van der Waals surface area contributed by atoms with Gasteiger partial charge in [-0.05, 0) is 28.6 Å². The molecule has 0 saturated heterocycles. The van der Waals surface area contributed by atoms with E-state index in [1.807, 2.05) is 0 Å². The molecule has 0 atom stereocenters. The van der Waals surface area contributed by atoms with Gasteiger partial charge in [-0.2, -0.15) is 0 Å². The summed E-state index contributed by atoms with van der Waals surface area (Å²) in [7, 11) is 1.51. The van der Waals surface area contributed by atoms with Gasteiger partial charge in [-0.3, -0.25) is 0 Å². The van der Waals surface area contributed by atoms with Crippen molar-refractivity contribution < 1.29 is 0 Å². The SMILES string of the molecule is CCP=P(c1ccccc1)(c1ccccc1)c1ccccc1. The van der Waals surface area contributed by atoms with Crippen molar-refractivity contribution in [2.24, 2.45) is 0 Å². The molecule has 0 unspecified atom stereocenters. The molecule has 0 bridgehead atoms. The molecule has 0 radical (unpaired) electrons. The molecule has 0 aliphatic heterocycles. The third kappa shape index (κ3) is 2.82. The highest BCUT2D eigenvalue weighted by molar-refractivity contribution is 8.17. The Kier molecular flexibility index (Phi) is 4.94. The first-order valence-electron chi connectivity index (χ1n) is 7.63. The minimum Gasteiger partial charge on any atom is -0.0949 e. The lowest BCUT2D eigenvalue weighted by Gasteiger charge is -2.27. The molecule has 3 rings (SSSR count). The largest absolute Gasteiger partial charge is 0.0949 e. The van der Waals surface area contributed by atoms with Crippen molar-refractivity contribution in [1.82, 2.24) is 0 Å². The van der Waals surface area contributed by atoms with Crippen LogP contribution in [0.15, 0.2) is 91.0 Å². The van der Waals surface area contributed by atoms with Crippen LogP contribution in [-0.4, -0.2) is 6.16 Å². The first-order chi connectivity index (χ1) is 10.9. The van der Waals surface area contributed by atoms with E-state index in [2.05, 4.69) is 97.9 Å². The molecule has 110 valence electrons. The van der Waals surface area contributed by atoms with Gasteiger partial charge < -0.3 is 0 Å². The molecule has 0 aliphatic rings. The lowest BCUT2D eigenvalue weighted by atomic mass is 10.4. The highest BCUT2D eigenvalue weighted by Crippen LogP contribution is 2.53. The van der Waals surface area contributed by atoms with E-state index < -0.39 is 6.55 Å². The summed E-state index contributed by atoms with van der Waals surface area (Å²) in [5.41, 5.74) is 0. The van der Waals surface area contributed by atoms with E-state index >= 15 is 0 Å². The molecule has 0 spiro atoms. The molecular weight excluding hydrogens is 302 g/mol. The topological polar surface area (TPSA) is 0 Å². The Morgan fingerprint density at radius 1 is 0.591 bits per heavy atom. The van der Waals surface area contributed by atoms with E-state index in [0.717, 1.165) is 6.16 Å². The molecule has 2 heteroatoms. The zero-order valence-electron chi connectivity index (χ0n) is 12.8. The van der Waals surface area contributed by atoms with Crippen molar-refractivity contribution in [2.45, 2.75) is 6.92 Å². The van der Waals surface area contributed by atoms with E-state index in [9.17, 15) is 0 Å². The van der Waals surface area contributed by atoms with Crippen LogP contribution in [0.2, 0.25) is 0 Å². The summed E-state index contributed by atoms with van der Waals surface area (Å²) in [5.74, 6) is 0. The highest BCUT2D eigenvalue weighted by Gasteiger charge is 2.24. The van der Waals surface area contributed by atoms with Gasteiger partial charge in [0.15, 0.2) is 0 Å². The second kappa shape index (κ2) is 7.10. The van der Waals surface area contributed by atoms with Crippen molar-refractivity contribution in [3.8, 4) is 0 Å². The van der Waals surface area contributed by atoms with Gasteiger partial charge in [0.2, 0.25) is 0 Å². The second-order valence-electron chi connectivity index (χ2n) is 5.10. The summed E-state index contributed by atoms with van der Waals surface area (Å²) in [5, 5.41) is 4.41. The summed E-state index contributed by atoms with van der Waals surface area (Å²) in [6.07, 6.45) is 1.16. The normalized spacial score (nSPS) is 11.5. The third-order valence-electron chi connectivity index (χ3n) is 3.74. The van der Waals surface area contributed by atoms with E-state index in [-0.39, 0.29) is 0 Å². The fourth-order valence-corrected chi connectivity index (χ4v) is 10.4. The summed E-state index contributed by atoms with van der Waals surface area (Å²) >= 11 is 0. The molecule has 0 amide bonds. The van der Waals surface area contributed by atoms with Crippen molar-refractivity contribution >= 4 is 30.3 Å². The number of benzene rings is 3. The Morgan fingerprint density at radius 2 is 0.909 bits per heavy atom. The minimum atomic E-state index is -1.58. The summed E-state index contributed by atoms with van der Waals surface area (Å²) in [4.78, 5) is 0. The Balaban J connectivity index is 2.38. The zero-order valence-corrected chi connectivity index (χ0v) is 14.6. The standard InChI is InChI=1S/C20H20P2/c1-2-21-22(18-12-6-3-7-13-18,19-14-8-4-9-15-19)20-16-10-5-11-17-20/h3-17H,2H2,1H3. The van der Waals surface area contributed by atoms with Crippen LogP contribution < -0.4 is 15.9 Å². The lowest BCUT2D eigenvalue weighted by Crippen LogP contribution is -2.24. The average Bonchev–Trinajstić information content (AvgIpc) is 2.62. The van der Waals surface area contributed by atoms with Gasteiger partial charge in [0.25, 0.3) is 0 Å². The van der Waals surface area contributed by atoms with Crippen molar-refractivity contribution in [3.63, 3.8) is 0 Å². The maximum Gasteiger partial charge on any atom is -0.00120 e. The summed E-state index contributed by atoms with van der Waals surface area (Å²) in [6.45, 7) is 0.702. The molecule has 0 aliphatic carbocycles. The van der Waals surface area contributed by atoms with Crippen molar-refractivity contribution in [3.05, 3.63) is 91.0 Å². The van der Waals surface area contributed by atoms with Gasteiger partial charge in [-0.25, -0.2) is 0 Å². The molecule has 0 N–H and O–H groups in total. The first-order valence-corrected chi connectivity index (χ1v) is 11.2. The van der Waals surface area contributed by atoms with Gasteiger partial charge in [-0.15, -0.1) is 0 Å². The van der Waals surface area contributed by atoms with Crippen LogP contribution in [0.5, 0.6) is 0 Å². The van der Waals surface area contributed by atoms with Crippen LogP contribution >= 0.6 is 14.4 Å². The van der Waals surface area contributed by atoms with E-state index in [0.29, 0.717) is 0 Å². The van der Waals surface area contributed by atoms with E-state index in [1.54, 1.807) is 0 Å². The number of hydrogen-bond donors (Lipinski definition) is 0. The van der Waals surface area contributed by atoms with Crippen LogP contribution in [0.25, 0.3) is 0 Å². The van der Waals surface area contributed by atoms with E-state index in [1.165, 1.54) is 23.8 Å². The summed E-state index contributed by atoms with van der Waals surface area (Å²) in [6, 6.07) is 33.1. The Labute approximate surface area is 134 Å². The third-order valence-corrected chi connectivity index (χ3v) is 11.8. The molecule has 0 fully saturated rings.